The number of carbonyl (C=O) groups is 3. The SMILES string of the molecule is CC/C=C\C/C=C\C/C=C\C/C=C\C/C=C\CCCCCCCCCCCCCCCCCCCCCC(=O)OC(COC(=O)CCCCCCCCCCCCCCCCCCCCCCCCCC)COC(OCC[N+](C)(C)C)C(=O)[O-]. The molecule has 0 aliphatic heterocycles. The van der Waals surface area contributed by atoms with Crippen LogP contribution in [0.1, 0.15) is 341 Å². The summed E-state index contributed by atoms with van der Waals surface area (Å²) < 4.78 is 22.8. The van der Waals surface area contributed by atoms with Crippen molar-refractivity contribution < 1.29 is 42.9 Å². The molecular weight excluding hydrogens is 1040 g/mol. The number of esters is 2. The molecule has 0 aromatic carbocycles. The molecule has 0 aliphatic carbocycles. The number of rotatable bonds is 67. The number of allylic oxidation sites excluding steroid dienone is 10. The zero-order valence-electron chi connectivity index (χ0n) is 56.0. The van der Waals surface area contributed by atoms with Crippen LogP contribution in [0.4, 0.5) is 0 Å². The first kappa shape index (κ1) is 81.0. The van der Waals surface area contributed by atoms with Crippen molar-refractivity contribution in [2.75, 3.05) is 47.5 Å². The molecule has 0 N–H and O–H groups in total. The largest absolute Gasteiger partial charge is 0.545 e. The third kappa shape index (κ3) is 66.5. The Hall–Kier alpha value is -3.01. The number of carboxylic acids is 1. The summed E-state index contributed by atoms with van der Waals surface area (Å²) in [6.45, 7) is 4.70. The van der Waals surface area contributed by atoms with E-state index >= 15 is 0 Å². The molecule has 490 valence electrons. The molecule has 9 nitrogen and oxygen atoms in total. The van der Waals surface area contributed by atoms with E-state index in [1.54, 1.807) is 0 Å². The van der Waals surface area contributed by atoms with Crippen molar-refractivity contribution in [1.82, 2.24) is 0 Å². The summed E-state index contributed by atoms with van der Waals surface area (Å²) in [6.07, 6.45) is 83.1. The van der Waals surface area contributed by atoms with Gasteiger partial charge in [0, 0.05) is 12.8 Å². The lowest BCUT2D eigenvalue weighted by molar-refractivity contribution is -0.870. The van der Waals surface area contributed by atoms with E-state index in [1.165, 1.54) is 244 Å². The van der Waals surface area contributed by atoms with E-state index in [9.17, 15) is 19.5 Å². The maximum absolute atomic E-state index is 12.9. The molecule has 84 heavy (non-hydrogen) atoms. The number of carboxylic acid groups (broad SMARTS) is 1. The van der Waals surface area contributed by atoms with E-state index in [0.29, 0.717) is 23.9 Å². The van der Waals surface area contributed by atoms with Crippen LogP contribution in [0.25, 0.3) is 0 Å². The quantitative estimate of drug-likeness (QED) is 0.0195. The van der Waals surface area contributed by atoms with Crippen molar-refractivity contribution in [3.05, 3.63) is 60.8 Å². The van der Waals surface area contributed by atoms with E-state index in [0.717, 1.165) is 64.2 Å². The van der Waals surface area contributed by atoms with Crippen LogP contribution >= 0.6 is 0 Å². The minimum Gasteiger partial charge on any atom is -0.545 e. The Kier molecular flexibility index (Phi) is 63.6. The van der Waals surface area contributed by atoms with Crippen molar-refractivity contribution >= 4 is 17.9 Å². The van der Waals surface area contributed by atoms with Crippen LogP contribution in [0.15, 0.2) is 60.8 Å². The van der Waals surface area contributed by atoms with Gasteiger partial charge < -0.3 is 33.3 Å². The van der Waals surface area contributed by atoms with E-state index in [1.807, 2.05) is 21.1 Å². The lowest BCUT2D eigenvalue weighted by Crippen LogP contribution is -2.44. The number of carbonyl (C=O) groups excluding carboxylic acids is 3. The summed E-state index contributed by atoms with van der Waals surface area (Å²) in [6, 6.07) is 0. The highest BCUT2D eigenvalue weighted by Gasteiger charge is 2.22. The molecule has 0 aromatic heterocycles. The molecule has 0 aliphatic rings. The fourth-order valence-electron chi connectivity index (χ4n) is 10.6. The molecule has 0 bridgehead atoms. The lowest BCUT2D eigenvalue weighted by Gasteiger charge is -2.26. The summed E-state index contributed by atoms with van der Waals surface area (Å²) in [5.74, 6) is -2.26. The average molecular weight is 1180 g/mol. The first-order valence-corrected chi connectivity index (χ1v) is 35.9. The highest BCUT2D eigenvalue weighted by molar-refractivity contribution is 5.70. The fourth-order valence-corrected chi connectivity index (χ4v) is 10.6. The smallest absolute Gasteiger partial charge is 0.306 e. The second kappa shape index (κ2) is 66.0. The fraction of sp³-hybridized carbons (Fsp3) is 0.827. The van der Waals surface area contributed by atoms with Crippen molar-refractivity contribution in [2.45, 2.75) is 354 Å². The highest BCUT2D eigenvalue weighted by Crippen LogP contribution is 2.19. The second-order valence-electron chi connectivity index (χ2n) is 25.5. The number of unbranched alkanes of at least 4 members (excludes halogenated alkanes) is 42. The highest BCUT2D eigenvalue weighted by atomic mass is 16.7. The number of likely N-dealkylation sites (N-methyl/N-ethyl adjacent to an activating group) is 1. The second-order valence-corrected chi connectivity index (χ2v) is 25.5. The number of aliphatic carboxylic acids is 1. The molecular formula is C75H137NO8. The summed E-state index contributed by atoms with van der Waals surface area (Å²) in [5.41, 5.74) is 0. The van der Waals surface area contributed by atoms with E-state index in [2.05, 4.69) is 74.6 Å². The lowest BCUT2D eigenvalue weighted by atomic mass is 10.0. The first-order chi connectivity index (χ1) is 41.1. The summed E-state index contributed by atoms with van der Waals surface area (Å²) in [7, 11) is 5.94. The number of hydrogen-bond acceptors (Lipinski definition) is 8. The van der Waals surface area contributed by atoms with Crippen LogP contribution in [0.3, 0.4) is 0 Å². The Bertz CT molecular complexity index is 1560. The summed E-state index contributed by atoms with van der Waals surface area (Å²) >= 11 is 0. The van der Waals surface area contributed by atoms with Crippen molar-refractivity contribution in [3.63, 3.8) is 0 Å². The van der Waals surface area contributed by atoms with Gasteiger partial charge in [-0.1, -0.05) is 331 Å². The maximum Gasteiger partial charge on any atom is 0.306 e. The zero-order chi connectivity index (χ0) is 61.2. The average Bonchev–Trinajstić information content (AvgIpc) is 3.55. The number of quaternary nitrogens is 1. The Balaban J connectivity index is 4.04. The molecule has 0 rings (SSSR count). The molecule has 0 radical (unpaired) electrons. The van der Waals surface area contributed by atoms with Gasteiger partial charge >= 0.3 is 11.9 Å². The number of ether oxygens (including phenoxy) is 4. The number of hydrogen-bond donors (Lipinski definition) is 0. The van der Waals surface area contributed by atoms with Crippen LogP contribution in [0.5, 0.6) is 0 Å². The van der Waals surface area contributed by atoms with Gasteiger partial charge in [0.05, 0.1) is 40.3 Å². The minimum absolute atomic E-state index is 0.150. The Morgan fingerprint density at radius 2 is 0.679 bits per heavy atom. The van der Waals surface area contributed by atoms with Crippen LogP contribution in [-0.4, -0.2) is 82.3 Å². The van der Waals surface area contributed by atoms with Gasteiger partial charge in [-0.15, -0.1) is 0 Å². The van der Waals surface area contributed by atoms with Gasteiger partial charge in [-0.3, -0.25) is 9.59 Å². The molecule has 0 fully saturated rings. The summed E-state index contributed by atoms with van der Waals surface area (Å²) in [5, 5.41) is 11.8. The predicted octanol–water partition coefficient (Wildman–Crippen LogP) is 21.0. The standard InChI is InChI=1S/C75H137NO8/c1-6-8-10-12-14-16-18-20-22-24-26-28-30-32-33-34-35-36-37-38-39-40-41-42-44-46-48-50-52-54-56-58-60-62-64-66-73(78)84-71(70-83-75(74(79)80)81-68-67-76(3,4)5)69-82-72(77)65-63-61-59-57-55-53-51-49-47-45-43-31-29-27-25-23-21-19-17-15-13-11-9-7-2/h8,10,14,16,20,22,26,28,32-33,71,75H,6-7,9,11-13,15,17-19,21,23-25,27,29-31,34-70H2,1-5H3/b10-8-,16-14-,22-20-,28-26-,33-32-. The Morgan fingerprint density at radius 1 is 0.369 bits per heavy atom. The van der Waals surface area contributed by atoms with Crippen LogP contribution in [0, 0.1) is 0 Å². The van der Waals surface area contributed by atoms with E-state index in [4.69, 9.17) is 18.9 Å². The molecule has 0 saturated carbocycles. The van der Waals surface area contributed by atoms with E-state index < -0.39 is 24.3 Å². The van der Waals surface area contributed by atoms with Gasteiger partial charge in [0.2, 0.25) is 0 Å². The topological polar surface area (TPSA) is 111 Å². The maximum atomic E-state index is 12.9. The van der Waals surface area contributed by atoms with Gasteiger partial charge in [-0.25, -0.2) is 0 Å². The van der Waals surface area contributed by atoms with Crippen LogP contribution < -0.4 is 5.11 Å². The third-order valence-electron chi connectivity index (χ3n) is 16.0. The molecule has 2 unspecified atom stereocenters. The Morgan fingerprint density at radius 3 is 1.01 bits per heavy atom. The van der Waals surface area contributed by atoms with Gasteiger partial charge in [0.15, 0.2) is 12.4 Å². The number of nitrogens with zero attached hydrogens (tertiary/aromatic N) is 1. The molecule has 0 spiro atoms. The summed E-state index contributed by atoms with van der Waals surface area (Å²) in [4.78, 5) is 37.5. The molecule has 0 amide bonds. The molecule has 0 heterocycles. The third-order valence-corrected chi connectivity index (χ3v) is 16.0. The normalized spacial score (nSPS) is 13.0. The molecule has 0 aromatic rings. The van der Waals surface area contributed by atoms with Gasteiger partial charge in [-0.05, 0) is 57.8 Å². The van der Waals surface area contributed by atoms with Crippen LogP contribution in [0.2, 0.25) is 0 Å². The Labute approximate surface area is 520 Å². The van der Waals surface area contributed by atoms with E-state index in [-0.39, 0.29) is 32.2 Å². The zero-order valence-corrected chi connectivity index (χ0v) is 56.0. The van der Waals surface area contributed by atoms with Gasteiger partial charge in [0.1, 0.15) is 13.2 Å². The van der Waals surface area contributed by atoms with Crippen molar-refractivity contribution in [3.8, 4) is 0 Å². The predicted molar refractivity (Wildman–Crippen MR) is 357 cm³/mol. The van der Waals surface area contributed by atoms with Gasteiger partial charge in [-0.2, -0.15) is 0 Å². The van der Waals surface area contributed by atoms with Crippen molar-refractivity contribution in [2.24, 2.45) is 0 Å². The molecule has 0 saturated heterocycles. The van der Waals surface area contributed by atoms with Crippen LogP contribution in [-0.2, 0) is 33.3 Å². The molecule has 2 atom stereocenters. The monoisotopic (exact) mass is 1180 g/mol. The van der Waals surface area contributed by atoms with Crippen molar-refractivity contribution in [1.29, 1.82) is 0 Å². The van der Waals surface area contributed by atoms with Gasteiger partial charge in [0.25, 0.3) is 0 Å². The minimum atomic E-state index is -1.62. The molecule has 9 heteroatoms. The first-order valence-electron chi connectivity index (χ1n) is 35.9.